The van der Waals surface area contributed by atoms with Crippen molar-refractivity contribution in [2.75, 3.05) is 4.90 Å². The lowest BCUT2D eigenvalue weighted by atomic mass is 9.89. The Kier molecular flexibility index (Phi) is 5.84. The summed E-state index contributed by atoms with van der Waals surface area (Å²) in [4.78, 5) is 7.08. The Morgan fingerprint density at radius 2 is 0.872 bits per heavy atom. The second-order valence-corrected chi connectivity index (χ2v) is 9.62. The van der Waals surface area contributed by atoms with Gasteiger partial charge in [-0.3, -0.25) is 4.90 Å². The number of benzene rings is 6. The van der Waals surface area contributed by atoms with Gasteiger partial charge in [-0.25, -0.2) is 4.98 Å². The largest absolute Gasteiger partial charge is 0.294 e. The van der Waals surface area contributed by atoms with E-state index in [0.29, 0.717) is 0 Å². The van der Waals surface area contributed by atoms with Gasteiger partial charge in [0.1, 0.15) is 5.82 Å². The average molecular weight is 499 g/mol. The van der Waals surface area contributed by atoms with Crippen molar-refractivity contribution in [3.05, 3.63) is 158 Å². The summed E-state index contributed by atoms with van der Waals surface area (Å²) >= 11 is 0. The lowest BCUT2D eigenvalue weighted by molar-refractivity contribution is 1.19. The van der Waals surface area contributed by atoms with Gasteiger partial charge in [-0.2, -0.15) is 0 Å². The molecule has 0 N–H and O–H groups in total. The summed E-state index contributed by atoms with van der Waals surface area (Å²) in [5.41, 5.74) is 7.11. The third-order valence-corrected chi connectivity index (χ3v) is 7.30. The molecule has 39 heavy (non-hydrogen) atoms. The second-order valence-electron chi connectivity index (χ2n) is 9.62. The maximum absolute atomic E-state index is 4.79. The van der Waals surface area contributed by atoms with Crippen LogP contribution in [0.25, 0.3) is 43.8 Å². The fourth-order valence-corrected chi connectivity index (χ4v) is 5.56. The number of pyridine rings is 1. The molecule has 7 aromatic rings. The maximum atomic E-state index is 4.79. The Morgan fingerprint density at radius 3 is 1.46 bits per heavy atom. The number of aromatic nitrogens is 1. The standard InChI is InChI=1S/C37H26N2/c1-3-13-27(14-4-1)28-22-24-29(25-23-28)36-31-17-7-9-19-33(31)37(34-20-10-8-18-32(34)36)39(30-15-5-2-6-16-30)35-21-11-12-26-38-35/h1-26H. The van der Waals surface area contributed by atoms with Crippen LogP contribution >= 0.6 is 0 Å². The summed E-state index contributed by atoms with van der Waals surface area (Å²) in [6, 6.07) is 53.6. The van der Waals surface area contributed by atoms with E-state index in [4.69, 9.17) is 4.98 Å². The second kappa shape index (κ2) is 9.92. The van der Waals surface area contributed by atoms with Gasteiger partial charge in [0.05, 0.1) is 5.69 Å². The van der Waals surface area contributed by atoms with E-state index in [0.717, 1.165) is 17.2 Å². The van der Waals surface area contributed by atoms with Crippen LogP contribution in [-0.4, -0.2) is 4.98 Å². The number of para-hydroxylation sites is 1. The number of hydrogen-bond donors (Lipinski definition) is 0. The van der Waals surface area contributed by atoms with E-state index in [9.17, 15) is 0 Å². The molecule has 1 heterocycles. The molecule has 0 fully saturated rings. The van der Waals surface area contributed by atoms with E-state index in [1.807, 2.05) is 18.3 Å². The Morgan fingerprint density at radius 1 is 0.385 bits per heavy atom. The van der Waals surface area contributed by atoms with E-state index in [2.05, 4.69) is 144 Å². The molecule has 0 saturated carbocycles. The van der Waals surface area contributed by atoms with E-state index in [1.165, 1.54) is 43.8 Å². The average Bonchev–Trinajstić information content (AvgIpc) is 3.02. The number of nitrogens with zero attached hydrogens (tertiary/aromatic N) is 2. The summed E-state index contributed by atoms with van der Waals surface area (Å²) in [5, 5.41) is 4.81. The van der Waals surface area contributed by atoms with Gasteiger partial charge in [0, 0.05) is 22.7 Å². The van der Waals surface area contributed by atoms with Crippen molar-refractivity contribution in [1.29, 1.82) is 0 Å². The van der Waals surface area contributed by atoms with Crippen LogP contribution in [0, 0.1) is 0 Å². The van der Waals surface area contributed by atoms with Crippen LogP contribution in [0.15, 0.2) is 158 Å². The first kappa shape index (κ1) is 22.9. The predicted molar refractivity (Wildman–Crippen MR) is 165 cm³/mol. The monoisotopic (exact) mass is 498 g/mol. The highest BCUT2D eigenvalue weighted by molar-refractivity contribution is 6.22. The van der Waals surface area contributed by atoms with Crippen molar-refractivity contribution in [3.63, 3.8) is 0 Å². The molecule has 7 rings (SSSR count). The number of rotatable bonds is 5. The van der Waals surface area contributed by atoms with Crippen molar-refractivity contribution in [3.8, 4) is 22.3 Å². The first-order valence-electron chi connectivity index (χ1n) is 13.2. The molecule has 0 amide bonds. The number of fused-ring (bicyclic) bond motifs is 2. The Balaban J connectivity index is 1.52. The van der Waals surface area contributed by atoms with Crippen LogP contribution in [0.4, 0.5) is 17.2 Å². The van der Waals surface area contributed by atoms with Crippen molar-refractivity contribution in [1.82, 2.24) is 4.98 Å². The zero-order chi connectivity index (χ0) is 26.0. The van der Waals surface area contributed by atoms with Crippen molar-refractivity contribution < 1.29 is 0 Å². The number of anilines is 3. The first-order chi connectivity index (χ1) is 19.4. The molecule has 0 aliphatic heterocycles. The molecule has 184 valence electrons. The summed E-state index contributed by atoms with van der Waals surface area (Å²) in [6.45, 7) is 0. The fourth-order valence-electron chi connectivity index (χ4n) is 5.56. The Hall–Kier alpha value is -5.21. The molecule has 0 atom stereocenters. The molecule has 6 aromatic carbocycles. The van der Waals surface area contributed by atoms with Crippen LogP contribution in [0.1, 0.15) is 0 Å². The zero-order valence-corrected chi connectivity index (χ0v) is 21.4. The molecule has 2 nitrogen and oxygen atoms in total. The SMILES string of the molecule is c1ccc(-c2ccc(-c3c4ccccc4c(N(c4ccccc4)c4ccccn4)c4ccccc34)cc2)cc1. The molecule has 0 aliphatic carbocycles. The maximum Gasteiger partial charge on any atom is 0.137 e. The van der Waals surface area contributed by atoms with Gasteiger partial charge < -0.3 is 0 Å². The molecular formula is C37H26N2. The molecule has 0 aliphatic rings. The zero-order valence-electron chi connectivity index (χ0n) is 21.4. The minimum absolute atomic E-state index is 0.888. The van der Waals surface area contributed by atoms with Crippen molar-refractivity contribution in [2.24, 2.45) is 0 Å². The molecule has 1 aromatic heterocycles. The van der Waals surface area contributed by atoms with Gasteiger partial charge in [-0.05, 0) is 57.3 Å². The van der Waals surface area contributed by atoms with Crippen LogP contribution in [0.3, 0.4) is 0 Å². The summed E-state index contributed by atoms with van der Waals surface area (Å²) < 4.78 is 0. The lowest BCUT2D eigenvalue weighted by Gasteiger charge is -2.28. The molecule has 0 radical (unpaired) electrons. The summed E-state index contributed by atoms with van der Waals surface area (Å²) in [5.74, 6) is 0.888. The molecular weight excluding hydrogens is 472 g/mol. The normalized spacial score (nSPS) is 11.1. The molecule has 0 spiro atoms. The van der Waals surface area contributed by atoms with E-state index in [-0.39, 0.29) is 0 Å². The number of hydrogen-bond acceptors (Lipinski definition) is 2. The van der Waals surface area contributed by atoms with Gasteiger partial charge in [0.25, 0.3) is 0 Å². The van der Waals surface area contributed by atoms with Crippen LogP contribution in [0.2, 0.25) is 0 Å². The van der Waals surface area contributed by atoms with Gasteiger partial charge in [-0.15, -0.1) is 0 Å². The van der Waals surface area contributed by atoms with Gasteiger partial charge in [0.2, 0.25) is 0 Å². The van der Waals surface area contributed by atoms with Crippen LogP contribution < -0.4 is 4.90 Å². The topological polar surface area (TPSA) is 16.1 Å². The first-order valence-corrected chi connectivity index (χ1v) is 13.2. The Bertz CT molecular complexity index is 1780. The minimum Gasteiger partial charge on any atom is -0.294 e. The summed E-state index contributed by atoms with van der Waals surface area (Å²) in [7, 11) is 0. The highest BCUT2D eigenvalue weighted by Crippen LogP contribution is 2.47. The van der Waals surface area contributed by atoms with Crippen molar-refractivity contribution >= 4 is 38.7 Å². The fraction of sp³-hybridized carbons (Fsp3) is 0. The third-order valence-electron chi connectivity index (χ3n) is 7.30. The van der Waals surface area contributed by atoms with Crippen LogP contribution in [-0.2, 0) is 0 Å². The Labute approximate surface area is 228 Å². The highest BCUT2D eigenvalue weighted by atomic mass is 15.2. The van der Waals surface area contributed by atoms with Gasteiger partial charge in [-0.1, -0.05) is 127 Å². The predicted octanol–water partition coefficient (Wildman–Crippen LogP) is 10.2. The molecule has 0 bridgehead atoms. The quantitative estimate of drug-likeness (QED) is 0.219. The van der Waals surface area contributed by atoms with E-state index < -0.39 is 0 Å². The highest BCUT2D eigenvalue weighted by Gasteiger charge is 2.22. The van der Waals surface area contributed by atoms with Crippen molar-refractivity contribution in [2.45, 2.75) is 0 Å². The minimum atomic E-state index is 0.888. The third kappa shape index (κ3) is 4.13. The molecule has 0 saturated heterocycles. The van der Waals surface area contributed by atoms with Crippen LogP contribution in [0.5, 0.6) is 0 Å². The smallest absolute Gasteiger partial charge is 0.137 e. The summed E-state index contributed by atoms with van der Waals surface area (Å²) in [6.07, 6.45) is 1.86. The van der Waals surface area contributed by atoms with Gasteiger partial charge >= 0.3 is 0 Å². The van der Waals surface area contributed by atoms with E-state index in [1.54, 1.807) is 0 Å². The molecule has 0 unspecified atom stereocenters. The molecule has 2 heteroatoms. The van der Waals surface area contributed by atoms with Gasteiger partial charge in [0.15, 0.2) is 0 Å². The lowest BCUT2D eigenvalue weighted by Crippen LogP contribution is -2.12. The van der Waals surface area contributed by atoms with E-state index >= 15 is 0 Å².